The van der Waals surface area contributed by atoms with Crippen LogP contribution in [0.25, 0.3) is 10.4 Å². The lowest BCUT2D eigenvalue weighted by molar-refractivity contribution is 0.103. The van der Waals surface area contributed by atoms with E-state index in [9.17, 15) is 13.5 Å². The molecule has 3 N–H and O–H groups in total. The fourth-order valence-corrected chi connectivity index (χ4v) is 5.63. The zero-order chi connectivity index (χ0) is 21.2. The number of anilines is 1. The summed E-state index contributed by atoms with van der Waals surface area (Å²) in [5.74, 6) is 0.119. The third-order valence-electron chi connectivity index (χ3n) is 5.71. The van der Waals surface area contributed by atoms with Crippen LogP contribution in [0, 0.1) is 19.8 Å². The first-order chi connectivity index (χ1) is 13.7. The highest BCUT2D eigenvalue weighted by molar-refractivity contribution is 7.90. The molecular formula is C22H32N2O3S2. The van der Waals surface area contributed by atoms with Gasteiger partial charge in [0.1, 0.15) is 6.23 Å². The van der Waals surface area contributed by atoms with Crippen LogP contribution in [0.1, 0.15) is 50.7 Å². The molecule has 0 bridgehead atoms. The first kappa shape index (κ1) is 22.3. The number of nitrogens with one attached hydrogen (secondary N) is 2. The van der Waals surface area contributed by atoms with Crippen molar-refractivity contribution in [2.24, 2.45) is 5.92 Å². The molecule has 1 aromatic heterocycles. The van der Waals surface area contributed by atoms with E-state index in [-0.39, 0.29) is 12.0 Å². The number of sulfonamides is 1. The standard InChI is InChI=1S/C22H32N2O3S2/c1-14(2)29(26,27)24-19-8-5-17(6-9-19)22(25)23-20-10-7-18(12-16(20)4)21-11-15(3)13-28-21/h7,10-14,17,19,22-25H,5-6,8-9H2,1-4H3/t17-,19-,22?. The summed E-state index contributed by atoms with van der Waals surface area (Å²) in [7, 11) is -3.24. The summed E-state index contributed by atoms with van der Waals surface area (Å²) in [5.41, 5.74) is 4.51. The molecule has 1 fully saturated rings. The van der Waals surface area contributed by atoms with Crippen molar-refractivity contribution >= 4 is 27.0 Å². The third kappa shape index (κ3) is 5.60. The van der Waals surface area contributed by atoms with Gasteiger partial charge in [0, 0.05) is 22.5 Å². The average Bonchev–Trinajstić information content (AvgIpc) is 3.10. The van der Waals surface area contributed by atoms with Gasteiger partial charge in [-0.05, 0) is 93.6 Å². The predicted octanol–water partition coefficient (Wildman–Crippen LogP) is 4.65. The van der Waals surface area contributed by atoms with Gasteiger partial charge in [0.25, 0.3) is 0 Å². The number of aryl methyl sites for hydroxylation is 2. The SMILES string of the molecule is Cc1csc(-c2ccc(NC(O)[C@H]3CC[C@H](NS(=O)(=O)C(C)C)CC3)c(C)c2)c1. The second kappa shape index (κ2) is 9.16. The molecule has 1 saturated carbocycles. The third-order valence-corrected chi connectivity index (χ3v) is 8.71. The van der Waals surface area contributed by atoms with E-state index in [1.165, 1.54) is 16.0 Å². The summed E-state index contributed by atoms with van der Waals surface area (Å²) in [4.78, 5) is 1.25. The molecule has 0 saturated heterocycles. The molecule has 0 aliphatic heterocycles. The highest BCUT2D eigenvalue weighted by Crippen LogP contribution is 2.32. The second-order valence-electron chi connectivity index (χ2n) is 8.43. The average molecular weight is 437 g/mol. The van der Waals surface area contributed by atoms with Crippen molar-refractivity contribution in [3.8, 4) is 10.4 Å². The van der Waals surface area contributed by atoms with Crippen molar-refractivity contribution in [1.29, 1.82) is 0 Å². The molecule has 1 atom stereocenters. The monoisotopic (exact) mass is 436 g/mol. The molecule has 2 aromatic rings. The van der Waals surface area contributed by atoms with Gasteiger partial charge < -0.3 is 10.4 Å². The van der Waals surface area contributed by atoms with E-state index >= 15 is 0 Å². The van der Waals surface area contributed by atoms with E-state index < -0.39 is 21.5 Å². The van der Waals surface area contributed by atoms with Crippen molar-refractivity contribution in [3.05, 3.63) is 40.8 Å². The van der Waals surface area contributed by atoms with Crippen LogP contribution in [0.5, 0.6) is 0 Å². The second-order valence-corrected chi connectivity index (χ2v) is 11.6. The molecule has 1 aromatic carbocycles. The highest BCUT2D eigenvalue weighted by Gasteiger charge is 2.29. The van der Waals surface area contributed by atoms with Crippen LogP contribution in [0.2, 0.25) is 0 Å². The number of rotatable bonds is 7. The maximum atomic E-state index is 12.1. The first-order valence-corrected chi connectivity index (χ1v) is 12.7. The highest BCUT2D eigenvalue weighted by atomic mass is 32.2. The molecule has 29 heavy (non-hydrogen) atoms. The Kier molecular flexibility index (Phi) is 7.04. The molecule has 0 amide bonds. The molecule has 0 spiro atoms. The fourth-order valence-electron chi connectivity index (χ4n) is 3.76. The van der Waals surface area contributed by atoms with Gasteiger partial charge in [-0.1, -0.05) is 6.07 Å². The van der Waals surface area contributed by atoms with Crippen LogP contribution in [0.4, 0.5) is 5.69 Å². The van der Waals surface area contributed by atoms with E-state index in [0.717, 1.165) is 36.9 Å². The quantitative estimate of drug-likeness (QED) is 0.552. The van der Waals surface area contributed by atoms with Gasteiger partial charge in [0.15, 0.2) is 0 Å². The Balaban J connectivity index is 1.56. The van der Waals surface area contributed by atoms with Gasteiger partial charge in [0.05, 0.1) is 5.25 Å². The molecule has 0 radical (unpaired) electrons. The summed E-state index contributed by atoms with van der Waals surface area (Å²) in [5, 5.41) is 15.7. The topological polar surface area (TPSA) is 78.4 Å². The van der Waals surface area contributed by atoms with Crippen molar-refractivity contribution < 1.29 is 13.5 Å². The van der Waals surface area contributed by atoms with Crippen molar-refractivity contribution in [1.82, 2.24) is 4.72 Å². The summed E-state index contributed by atoms with van der Waals surface area (Å²) in [6, 6.07) is 8.43. The molecule has 3 rings (SSSR count). The van der Waals surface area contributed by atoms with Crippen LogP contribution in [-0.4, -0.2) is 31.0 Å². The Bertz CT molecular complexity index is 929. The number of hydrogen-bond acceptors (Lipinski definition) is 5. The van der Waals surface area contributed by atoms with Crippen molar-refractivity contribution in [3.63, 3.8) is 0 Å². The van der Waals surface area contributed by atoms with Gasteiger partial charge in [-0.25, -0.2) is 13.1 Å². The number of thiophene rings is 1. The van der Waals surface area contributed by atoms with E-state index in [1.807, 2.05) is 6.07 Å². The van der Waals surface area contributed by atoms with Crippen LogP contribution in [0.15, 0.2) is 29.6 Å². The van der Waals surface area contributed by atoms with Gasteiger partial charge in [0.2, 0.25) is 10.0 Å². The maximum absolute atomic E-state index is 12.1. The van der Waals surface area contributed by atoms with E-state index in [1.54, 1.807) is 25.2 Å². The number of benzene rings is 1. The Morgan fingerprint density at radius 2 is 1.79 bits per heavy atom. The first-order valence-electron chi connectivity index (χ1n) is 10.3. The molecule has 7 heteroatoms. The van der Waals surface area contributed by atoms with Crippen LogP contribution < -0.4 is 10.0 Å². The van der Waals surface area contributed by atoms with E-state index in [4.69, 9.17) is 0 Å². The summed E-state index contributed by atoms with van der Waals surface area (Å²) >= 11 is 1.74. The van der Waals surface area contributed by atoms with E-state index in [0.29, 0.717) is 0 Å². The Morgan fingerprint density at radius 3 is 2.34 bits per heavy atom. The Hall–Kier alpha value is -1.41. The molecule has 5 nitrogen and oxygen atoms in total. The Morgan fingerprint density at radius 1 is 1.10 bits per heavy atom. The zero-order valence-electron chi connectivity index (χ0n) is 17.6. The van der Waals surface area contributed by atoms with E-state index in [2.05, 4.69) is 47.5 Å². The molecule has 160 valence electrons. The normalized spacial score (nSPS) is 21.3. The van der Waals surface area contributed by atoms with Gasteiger partial charge in [-0.2, -0.15) is 0 Å². The summed E-state index contributed by atoms with van der Waals surface area (Å²) in [6.07, 6.45) is 2.47. The molecular weight excluding hydrogens is 404 g/mol. The van der Waals surface area contributed by atoms with Crippen molar-refractivity contribution in [2.75, 3.05) is 5.32 Å². The van der Waals surface area contributed by atoms with Crippen LogP contribution in [0.3, 0.4) is 0 Å². The molecule has 1 aliphatic carbocycles. The minimum absolute atomic E-state index is 0.0267. The zero-order valence-corrected chi connectivity index (χ0v) is 19.2. The lowest BCUT2D eigenvalue weighted by Gasteiger charge is -2.33. The summed E-state index contributed by atoms with van der Waals surface area (Å²) < 4.78 is 26.9. The molecule has 1 unspecified atom stereocenters. The minimum atomic E-state index is -3.24. The van der Waals surface area contributed by atoms with Crippen molar-refractivity contribution in [2.45, 2.75) is 70.9 Å². The largest absolute Gasteiger partial charge is 0.374 e. The maximum Gasteiger partial charge on any atom is 0.214 e. The molecule has 1 heterocycles. The van der Waals surface area contributed by atoms with Gasteiger partial charge in [-0.15, -0.1) is 11.3 Å². The number of aliphatic hydroxyl groups is 1. The minimum Gasteiger partial charge on any atom is -0.374 e. The van der Waals surface area contributed by atoms with Crippen LogP contribution >= 0.6 is 11.3 Å². The summed E-state index contributed by atoms with van der Waals surface area (Å²) in [6.45, 7) is 7.53. The Labute approximate surface area is 178 Å². The van der Waals surface area contributed by atoms with Gasteiger partial charge in [-0.3, -0.25) is 0 Å². The lowest BCUT2D eigenvalue weighted by atomic mass is 9.85. The lowest BCUT2D eigenvalue weighted by Crippen LogP contribution is -2.43. The predicted molar refractivity (Wildman–Crippen MR) is 122 cm³/mol. The molecule has 1 aliphatic rings. The smallest absolute Gasteiger partial charge is 0.214 e. The number of hydrogen-bond donors (Lipinski definition) is 3. The van der Waals surface area contributed by atoms with Gasteiger partial charge >= 0.3 is 0 Å². The number of aliphatic hydroxyl groups excluding tert-OH is 1. The van der Waals surface area contributed by atoms with Crippen LogP contribution in [-0.2, 0) is 10.0 Å². The fraction of sp³-hybridized carbons (Fsp3) is 0.545.